The molecule has 1 saturated heterocycles. The Morgan fingerprint density at radius 2 is 2.05 bits per heavy atom. The molecular weight excluding hydrogens is 270 g/mol. The molecule has 21 heavy (non-hydrogen) atoms. The molecule has 6 nitrogen and oxygen atoms in total. The first kappa shape index (κ1) is 15.4. The van der Waals surface area contributed by atoms with Gasteiger partial charge in [-0.3, -0.25) is 14.6 Å². The molecule has 1 atom stereocenters. The highest BCUT2D eigenvalue weighted by Crippen LogP contribution is 2.34. The lowest BCUT2D eigenvalue weighted by Gasteiger charge is -2.39. The van der Waals surface area contributed by atoms with Crippen molar-refractivity contribution in [3.63, 3.8) is 0 Å². The zero-order chi connectivity index (χ0) is 15.6. The van der Waals surface area contributed by atoms with Crippen LogP contribution in [0.4, 0.5) is 0 Å². The zero-order valence-corrected chi connectivity index (χ0v) is 12.7. The number of hydrogen-bond acceptors (Lipinski definition) is 4. The summed E-state index contributed by atoms with van der Waals surface area (Å²) in [6, 6.07) is 0. The molecule has 6 heteroatoms. The summed E-state index contributed by atoms with van der Waals surface area (Å²) in [5.41, 5.74) is 0.238. The summed E-state index contributed by atoms with van der Waals surface area (Å²) in [4.78, 5) is 33.7. The van der Waals surface area contributed by atoms with Gasteiger partial charge in [-0.15, -0.1) is 0 Å². The normalized spacial score (nSPS) is 19.4. The van der Waals surface area contributed by atoms with E-state index >= 15 is 0 Å². The lowest BCUT2D eigenvalue weighted by atomic mass is 9.74. The number of nitrogens with zero attached hydrogens (tertiary/aromatic N) is 3. The van der Waals surface area contributed by atoms with E-state index in [2.05, 4.69) is 9.97 Å². The number of piperidine rings is 1. The number of rotatable bonds is 3. The maximum Gasteiger partial charge on any atom is 0.309 e. The fourth-order valence-corrected chi connectivity index (χ4v) is 2.59. The number of hydrogen-bond donors (Lipinski definition) is 1. The van der Waals surface area contributed by atoms with Crippen molar-refractivity contribution in [1.82, 2.24) is 14.9 Å². The van der Waals surface area contributed by atoms with Crippen molar-refractivity contribution in [1.29, 1.82) is 0 Å². The standard InChI is InChI=1S/C15H21N3O3/c1-10-7-17-12(8-16-10)13(19)18-6-4-5-11(9-18)15(2,3)14(20)21/h7-8,11H,4-6,9H2,1-3H3,(H,20,21). The lowest BCUT2D eigenvalue weighted by Crippen LogP contribution is -2.47. The van der Waals surface area contributed by atoms with Crippen LogP contribution in [0.2, 0.25) is 0 Å². The van der Waals surface area contributed by atoms with Gasteiger partial charge in [-0.25, -0.2) is 4.98 Å². The lowest BCUT2D eigenvalue weighted by molar-refractivity contribution is -0.151. The third-order valence-corrected chi connectivity index (χ3v) is 4.28. The second-order valence-corrected chi connectivity index (χ2v) is 6.16. The number of carboxylic acids is 1. The highest BCUT2D eigenvalue weighted by molar-refractivity contribution is 5.92. The molecule has 1 unspecified atom stereocenters. The largest absolute Gasteiger partial charge is 0.481 e. The van der Waals surface area contributed by atoms with E-state index in [0.717, 1.165) is 18.5 Å². The molecule has 1 aromatic heterocycles. The van der Waals surface area contributed by atoms with Crippen molar-refractivity contribution < 1.29 is 14.7 Å². The van der Waals surface area contributed by atoms with Gasteiger partial charge in [-0.05, 0) is 39.5 Å². The van der Waals surface area contributed by atoms with Crippen LogP contribution in [0.1, 0.15) is 42.9 Å². The van der Waals surface area contributed by atoms with Crippen LogP contribution in [0.25, 0.3) is 0 Å². The summed E-state index contributed by atoms with van der Waals surface area (Å²) in [5, 5.41) is 9.34. The molecule has 2 rings (SSSR count). The molecule has 1 aromatic rings. The average Bonchev–Trinajstić information content (AvgIpc) is 2.47. The smallest absolute Gasteiger partial charge is 0.309 e. The highest BCUT2D eigenvalue weighted by Gasteiger charge is 2.40. The summed E-state index contributed by atoms with van der Waals surface area (Å²) in [6.45, 7) is 6.35. The molecule has 0 spiro atoms. The molecule has 1 amide bonds. The molecule has 1 aliphatic heterocycles. The fourth-order valence-electron chi connectivity index (χ4n) is 2.59. The molecule has 0 aromatic carbocycles. The molecule has 1 fully saturated rings. The predicted molar refractivity (Wildman–Crippen MR) is 76.8 cm³/mol. The molecule has 0 saturated carbocycles. The Bertz CT molecular complexity index is 540. The van der Waals surface area contributed by atoms with Crippen molar-refractivity contribution in [2.45, 2.75) is 33.6 Å². The van der Waals surface area contributed by atoms with Gasteiger partial charge in [0.2, 0.25) is 0 Å². The van der Waals surface area contributed by atoms with Crippen molar-refractivity contribution in [3.05, 3.63) is 23.8 Å². The Kier molecular flexibility index (Phi) is 4.25. The number of aliphatic carboxylic acids is 1. The highest BCUT2D eigenvalue weighted by atomic mass is 16.4. The van der Waals surface area contributed by atoms with E-state index in [9.17, 15) is 14.7 Å². The van der Waals surface area contributed by atoms with Gasteiger partial charge in [0.05, 0.1) is 17.3 Å². The van der Waals surface area contributed by atoms with Crippen LogP contribution in [0.5, 0.6) is 0 Å². The third kappa shape index (κ3) is 3.20. The maximum absolute atomic E-state index is 12.4. The molecule has 1 aliphatic rings. The number of carboxylic acid groups (broad SMARTS) is 1. The van der Waals surface area contributed by atoms with Gasteiger partial charge in [0.15, 0.2) is 0 Å². The number of amides is 1. The molecule has 114 valence electrons. The van der Waals surface area contributed by atoms with Crippen LogP contribution in [-0.4, -0.2) is 44.9 Å². The SMILES string of the molecule is Cc1cnc(C(=O)N2CCCC(C(C)(C)C(=O)O)C2)cn1. The summed E-state index contributed by atoms with van der Waals surface area (Å²) in [6.07, 6.45) is 4.68. The molecule has 1 N–H and O–H groups in total. The van der Waals surface area contributed by atoms with E-state index in [1.807, 2.05) is 6.92 Å². The Hall–Kier alpha value is -1.98. The summed E-state index contributed by atoms with van der Waals surface area (Å²) >= 11 is 0. The zero-order valence-electron chi connectivity index (χ0n) is 12.7. The number of carbonyl (C=O) groups excluding carboxylic acids is 1. The van der Waals surface area contributed by atoms with Crippen LogP contribution >= 0.6 is 0 Å². The second kappa shape index (κ2) is 5.79. The van der Waals surface area contributed by atoms with Gasteiger partial charge >= 0.3 is 5.97 Å². The molecule has 0 bridgehead atoms. The number of aromatic nitrogens is 2. The molecule has 0 aliphatic carbocycles. The fraction of sp³-hybridized carbons (Fsp3) is 0.600. The van der Waals surface area contributed by atoms with Crippen LogP contribution in [0.3, 0.4) is 0 Å². The minimum Gasteiger partial charge on any atom is -0.481 e. The van der Waals surface area contributed by atoms with E-state index in [0.29, 0.717) is 18.8 Å². The van der Waals surface area contributed by atoms with Gasteiger partial charge in [0.25, 0.3) is 5.91 Å². The van der Waals surface area contributed by atoms with Crippen molar-refractivity contribution in [3.8, 4) is 0 Å². The number of likely N-dealkylation sites (tertiary alicyclic amines) is 1. The van der Waals surface area contributed by atoms with E-state index < -0.39 is 11.4 Å². The minimum atomic E-state index is -0.835. The van der Waals surface area contributed by atoms with Crippen LogP contribution in [0, 0.1) is 18.3 Å². The van der Waals surface area contributed by atoms with Gasteiger partial charge in [0, 0.05) is 19.3 Å². The van der Waals surface area contributed by atoms with Crippen LogP contribution < -0.4 is 0 Å². The second-order valence-electron chi connectivity index (χ2n) is 6.16. The van der Waals surface area contributed by atoms with Crippen LogP contribution in [-0.2, 0) is 4.79 Å². The monoisotopic (exact) mass is 291 g/mol. The summed E-state index contributed by atoms with van der Waals surface area (Å²) in [7, 11) is 0. The Balaban J connectivity index is 2.12. The predicted octanol–water partition coefficient (Wildman–Crippen LogP) is 1.75. The Labute approximate surface area is 124 Å². The van der Waals surface area contributed by atoms with Crippen LogP contribution in [0.15, 0.2) is 12.4 Å². The van der Waals surface area contributed by atoms with Gasteiger partial charge < -0.3 is 10.0 Å². The molecule has 2 heterocycles. The van der Waals surface area contributed by atoms with Crippen molar-refractivity contribution >= 4 is 11.9 Å². The average molecular weight is 291 g/mol. The Morgan fingerprint density at radius 1 is 1.33 bits per heavy atom. The number of aryl methyl sites for hydroxylation is 1. The van der Waals surface area contributed by atoms with Crippen molar-refractivity contribution in [2.75, 3.05) is 13.1 Å². The number of carbonyl (C=O) groups is 2. The van der Waals surface area contributed by atoms with Gasteiger partial charge in [-0.1, -0.05) is 0 Å². The van der Waals surface area contributed by atoms with E-state index in [-0.39, 0.29) is 11.8 Å². The Morgan fingerprint density at radius 3 is 2.62 bits per heavy atom. The first-order chi connectivity index (χ1) is 9.82. The van der Waals surface area contributed by atoms with E-state index in [4.69, 9.17) is 0 Å². The first-order valence-electron chi connectivity index (χ1n) is 7.13. The summed E-state index contributed by atoms with van der Waals surface area (Å²) < 4.78 is 0. The molecule has 0 radical (unpaired) electrons. The van der Waals surface area contributed by atoms with Gasteiger partial charge in [-0.2, -0.15) is 0 Å². The topological polar surface area (TPSA) is 83.4 Å². The summed E-state index contributed by atoms with van der Waals surface area (Å²) in [5.74, 6) is -1.04. The minimum absolute atomic E-state index is 0.0499. The van der Waals surface area contributed by atoms with E-state index in [1.54, 1.807) is 24.9 Å². The van der Waals surface area contributed by atoms with Gasteiger partial charge in [0.1, 0.15) is 5.69 Å². The van der Waals surface area contributed by atoms with E-state index in [1.165, 1.54) is 6.20 Å². The first-order valence-corrected chi connectivity index (χ1v) is 7.13. The molecular formula is C15H21N3O3. The van der Waals surface area contributed by atoms with Crippen molar-refractivity contribution in [2.24, 2.45) is 11.3 Å². The quantitative estimate of drug-likeness (QED) is 0.917. The maximum atomic E-state index is 12.4. The third-order valence-electron chi connectivity index (χ3n) is 4.28.